The van der Waals surface area contributed by atoms with Crippen LogP contribution >= 0.6 is 0 Å². The molecule has 1 aromatic carbocycles. The first kappa shape index (κ1) is 12.9. The molecular weight excluding hydrogens is 252 g/mol. The molecule has 5 nitrogen and oxygen atoms in total. The lowest BCUT2D eigenvalue weighted by atomic mass is 10.1. The van der Waals surface area contributed by atoms with Crippen molar-refractivity contribution in [1.29, 1.82) is 0 Å². The maximum atomic E-state index is 12.1. The van der Waals surface area contributed by atoms with Crippen LogP contribution in [0.4, 0.5) is 5.69 Å². The molecule has 0 spiro atoms. The van der Waals surface area contributed by atoms with Crippen LogP contribution in [0.2, 0.25) is 0 Å². The molecule has 5 heteroatoms. The van der Waals surface area contributed by atoms with E-state index in [0.717, 1.165) is 30.6 Å². The second kappa shape index (κ2) is 5.88. The lowest BCUT2D eigenvalue weighted by Crippen LogP contribution is -2.35. The third-order valence-electron chi connectivity index (χ3n) is 3.48. The lowest BCUT2D eigenvalue weighted by Gasteiger charge is -2.12. The summed E-state index contributed by atoms with van der Waals surface area (Å²) in [6, 6.07) is 9.75. The topological polar surface area (TPSA) is 59.0 Å². The van der Waals surface area contributed by atoms with Crippen LogP contribution in [0.3, 0.4) is 0 Å². The number of nitrogens with zero attached hydrogens (tertiary/aromatic N) is 2. The molecule has 1 unspecified atom stereocenters. The van der Waals surface area contributed by atoms with Crippen LogP contribution in [-0.4, -0.2) is 28.3 Å². The minimum absolute atomic E-state index is 0.0511. The Morgan fingerprint density at radius 2 is 2.40 bits per heavy atom. The van der Waals surface area contributed by atoms with Gasteiger partial charge in [-0.25, -0.2) is 0 Å². The highest BCUT2D eigenvalue weighted by molar-refractivity contribution is 5.95. The number of nitrogens with one attached hydrogen (secondary N) is 2. The highest BCUT2D eigenvalue weighted by Gasteiger charge is 2.21. The highest BCUT2D eigenvalue weighted by Crippen LogP contribution is 2.14. The van der Waals surface area contributed by atoms with E-state index in [-0.39, 0.29) is 11.9 Å². The molecule has 104 valence electrons. The molecule has 0 radical (unpaired) electrons. The quantitative estimate of drug-likeness (QED) is 0.887. The Morgan fingerprint density at radius 1 is 1.45 bits per heavy atom. The molecule has 1 aliphatic rings. The first-order valence-corrected chi connectivity index (χ1v) is 6.92. The first-order chi connectivity index (χ1) is 9.81. The largest absolute Gasteiger partial charge is 0.325 e. The van der Waals surface area contributed by atoms with Crippen molar-refractivity contribution in [3.8, 4) is 0 Å². The average Bonchev–Trinajstić information content (AvgIpc) is 3.12. The summed E-state index contributed by atoms with van der Waals surface area (Å²) >= 11 is 0. The number of rotatable bonds is 4. The van der Waals surface area contributed by atoms with Gasteiger partial charge in [-0.3, -0.25) is 9.48 Å². The van der Waals surface area contributed by atoms with Crippen molar-refractivity contribution in [2.45, 2.75) is 25.4 Å². The molecule has 3 rings (SSSR count). The molecule has 1 fully saturated rings. The van der Waals surface area contributed by atoms with E-state index in [1.54, 1.807) is 6.20 Å². The van der Waals surface area contributed by atoms with Gasteiger partial charge in [-0.2, -0.15) is 5.10 Å². The zero-order valence-corrected chi connectivity index (χ0v) is 11.2. The van der Waals surface area contributed by atoms with Gasteiger partial charge in [0.05, 0.1) is 12.6 Å². The van der Waals surface area contributed by atoms with E-state index in [9.17, 15) is 4.79 Å². The van der Waals surface area contributed by atoms with Crippen LogP contribution in [0.25, 0.3) is 0 Å². The summed E-state index contributed by atoms with van der Waals surface area (Å²) in [5.74, 6) is 0.0544. The second-order valence-corrected chi connectivity index (χ2v) is 5.04. The fraction of sp³-hybridized carbons (Fsp3) is 0.333. The van der Waals surface area contributed by atoms with Crippen LogP contribution in [0.1, 0.15) is 18.4 Å². The van der Waals surface area contributed by atoms with Gasteiger partial charge in [0.25, 0.3) is 0 Å². The van der Waals surface area contributed by atoms with Gasteiger partial charge >= 0.3 is 0 Å². The molecule has 0 aliphatic carbocycles. The summed E-state index contributed by atoms with van der Waals surface area (Å²) in [4.78, 5) is 12.1. The molecule has 1 atom stereocenters. The number of hydrogen-bond acceptors (Lipinski definition) is 3. The summed E-state index contributed by atoms with van der Waals surface area (Å²) in [5, 5.41) is 10.4. The summed E-state index contributed by atoms with van der Waals surface area (Å²) in [6.07, 6.45) is 5.67. The first-order valence-electron chi connectivity index (χ1n) is 6.92. The molecule has 20 heavy (non-hydrogen) atoms. The van der Waals surface area contributed by atoms with Gasteiger partial charge in [0.15, 0.2) is 0 Å². The van der Waals surface area contributed by atoms with Gasteiger partial charge in [0, 0.05) is 18.1 Å². The fourth-order valence-electron chi connectivity index (χ4n) is 2.47. The van der Waals surface area contributed by atoms with E-state index >= 15 is 0 Å². The van der Waals surface area contributed by atoms with Crippen LogP contribution in [0, 0.1) is 0 Å². The third-order valence-corrected chi connectivity index (χ3v) is 3.48. The second-order valence-electron chi connectivity index (χ2n) is 5.04. The maximum Gasteiger partial charge on any atom is 0.241 e. The third kappa shape index (κ3) is 3.05. The van der Waals surface area contributed by atoms with E-state index in [4.69, 9.17) is 0 Å². The van der Waals surface area contributed by atoms with Gasteiger partial charge in [-0.05, 0) is 43.1 Å². The molecule has 0 bridgehead atoms. The molecule has 2 heterocycles. The van der Waals surface area contributed by atoms with E-state index in [0.29, 0.717) is 6.54 Å². The molecule has 0 saturated carbocycles. The van der Waals surface area contributed by atoms with E-state index < -0.39 is 0 Å². The van der Waals surface area contributed by atoms with Crippen molar-refractivity contribution in [2.24, 2.45) is 0 Å². The van der Waals surface area contributed by atoms with E-state index in [1.165, 1.54) is 0 Å². The zero-order chi connectivity index (χ0) is 13.8. The Balaban J connectivity index is 1.66. The standard InChI is InChI=1S/C15H18N4O/c20-15(14-6-2-7-16-14)18-13-5-1-4-12(10-13)11-19-9-3-8-17-19/h1,3-5,8-10,14,16H,2,6-7,11H2,(H,18,20). The van der Waals surface area contributed by atoms with Crippen molar-refractivity contribution < 1.29 is 4.79 Å². The number of aromatic nitrogens is 2. The Hall–Kier alpha value is -2.14. The number of carbonyl (C=O) groups is 1. The normalized spacial score (nSPS) is 18.1. The smallest absolute Gasteiger partial charge is 0.241 e. The zero-order valence-electron chi connectivity index (χ0n) is 11.2. The van der Waals surface area contributed by atoms with E-state index in [2.05, 4.69) is 15.7 Å². The highest BCUT2D eigenvalue weighted by atomic mass is 16.2. The number of amides is 1. The molecule has 1 saturated heterocycles. The maximum absolute atomic E-state index is 12.1. The van der Waals surface area contributed by atoms with Gasteiger partial charge in [0.1, 0.15) is 0 Å². The van der Waals surface area contributed by atoms with Crippen LogP contribution in [0.15, 0.2) is 42.7 Å². The van der Waals surface area contributed by atoms with Crippen LogP contribution < -0.4 is 10.6 Å². The Bertz CT molecular complexity index is 573. The summed E-state index contributed by atoms with van der Waals surface area (Å²) in [5.41, 5.74) is 1.96. The molecule has 2 N–H and O–H groups in total. The van der Waals surface area contributed by atoms with Gasteiger partial charge in [0.2, 0.25) is 5.91 Å². The van der Waals surface area contributed by atoms with Gasteiger partial charge in [-0.15, -0.1) is 0 Å². The Labute approximate surface area is 118 Å². The predicted molar refractivity (Wildman–Crippen MR) is 77.4 cm³/mol. The molecule has 1 aromatic heterocycles. The summed E-state index contributed by atoms with van der Waals surface area (Å²) in [7, 11) is 0. The van der Waals surface area contributed by atoms with Crippen molar-refractivity contribution in [3.05, 3.63) is 48.3 Å². The number of anilines is 1. The number of benzene rings is 1. The SMILES string of the molecule is O=C(Nc1cccc(Cn2cccn2)c1)C1CCCN1. The van der Waals surface area contributed by atoms with E-state index in [1.807, 2.05) is 41.2 Å². The van der Waals surface area contributed by atoms with Crippen LogP contribution in [-0.2, 0) is 11.3 Å². The van der Waals surface area contributed by atoms with Crippen molar-refractivity contribution in [2.75, 3.05) is 11.9 Å². The van der Waals surface area contributed by atoms with Gasteiger partial charge in [-0.1, -0.05) is 12.1 Å². The van der Waals surface area contributed by atoms with Crippen molar-refractivity contribution in [1.82, 2.24) is 15.1 Å². The minimum atomic E-state index is -0.0511. The van der Waals surface area contributed by atoms with Crippen LogP contribution in [0.5, 0.6) is 0 Å². The monoisotopic (exact) mass is 270 g/mol. The lowest BCUT2D eigenvalue weighted by molar-refractivity contribution is -0.117. The summed E-state index contributed by atoms with van der Waals surface area (Å²) < 4.78 is 1.86. The number of hydrogen-bond donors (Lipinski definition) is 2. The Kier molecular flexibility index (Phi) is 3.78. The number of carbonyl (C=O) groups excluding carboxylic acids is 1. The van der Waals surface area contributed by atoms with Crippen molar-refractivity contribution >= 4 is 11.6 Å². The van der Waals surface area contributed by atoms with Crippen molar-refractivity contribution in [3.63, 3.8) is 0 Å². The molecule has 2 aromatic rings. The predicted octanol–water partition coefficient (Wildman–Crippen LogP) is 1.62. The Morgan fingerprint density at radius 3 is 3.15 bits per heavy atom. The van der Waals surface area contributed by atoms with Gasteiger partial charge < -0.3 is 10.6 Å². The minimum Gasteiger partial charge on any atom is -0.325 e. The molecule has 1 aliphatic heterocycles. The molecule has 1 amide bonds. The molecular formula is C15H18N4O. The average molecular weight is 270 g/mol. The summed E-state index contributed by atoms with van der Waals surface area (Å²) in [6.45, 7) is 1.63. The fourth-order valence-corrected chi connectivity index (χ4v) is 2.47.